The molecule has 7 rings (SSSR count). The maximum absolute atomic E-state index is 15.9. The summed E-state index contributed by atoms with van der Waals surface area (Å²) in [6, 6.07) is 9.03. The maximum atomic E-state index is 15.9. The first-order valence-corrected chi connectivity index (χ1v) is 13.4. The fourth-order valence-electron chi connectivity index (χ4n) is 5.84. The smallest absolute Gasteiger partial charge is 0.521 e. The second-order valence-corrected chi connectivity index (χ2v) is 10.4. The van der Waals surface area contributed by atoms with Crippen molar-refractivity contribution in [1.29, 1.82) is 0 Å². The first kappa shape index (κ1) is 29.5. The molecule has 2 nitrogen and oxygen atoms in total. The van der Waals surface area contributed by atoms with Crippen molar-refractivity contribution in [3.8, 4) is 22.6 Å². The van der Waals surface area contributed by atoms with Crippen LogP contribution >= 0.6 is 0 Å². The summed E-state index contributed by atoms with van der Waals surface area (Å²) in [7, 11) is -2.29. The average molecular weight is 642 g/mol. The second kappa shape index (κ2) is 10.7. The first-order chi connectivity index (χ1) is 21.9. The van der Waals surface area contributed by atoms with E-state index in [2.05, 4.69) is 0 Å². The topological polar surface area (TPSA) is 18.5 Å². The lowest BCUT2D eigenvalue weighted by atomic mass is 9.73. The molecule has 0 fully saturated rings. The Morgan fingerprint density at radius 2 is 1.04 bits per heavy atom. The molecule has 0 amide bonds. The highest BCUT2D eigenvalue weighted by atomic mass is 19.2. The van der Waals surface area contributed by atoms with Crippen LogP contribution in [-0.2, 0) is 6.42 Å². The standard InChI is InChI=1S/C33H13BF10O2/c35-14-9-16-24(6-4-20(38)27(16)22(40)11-14)45-34(46-25-7-5-21(39)28-17(25)10-15(36)12-23(28)41)30-18-8-13-2-1-3-19(37)26(13)29(18)31(42)33(44)32(30)43/h1-7,9-12H,8H2. The van der Waals surface area contributed by atoms with Crippen LogP contribution in [0.1, 0.15) is 11.1 Å². The van der Waals surface area contributed by atoms with Gasteiger partial charge in [-0.3, -0.25) is 0 Å². The molecule has 0 saturated heterocycles. The van der Waals surface area contributed by atoms with Gasteiger partial charge in [-0.25, -0.2) is 43.9 Å². The van der Waals surface area contributed by atoms with Gasteiger partial charge in [-0.05, 0) is 60.0 Å². The second-order valence-electron chi connectivity index (χ2n) is 10.4. The van der Waals surface area contributed by atoms with E-state index in [-0.39, 0.29) is 23.1 Å². The van der Waals surface area contributed by atoms with E-state index < -0.39 is 109 Å². The lowest BCUT2D eigenvalue weighted by molar-refractivity contribution is 0.427. The molecule has 0 aliphatic heterocycles. The van der Waals surface area contributed by atoms with Crippen molar-refractivity contribution in [3.63, 3.8) is 0 Å². The molecule has 0 atom stereocenters. The van der Waals surface area contributed by atoms with Crippen LogP contribution in [-0.4, -0.2) is 7.12 Å². The summed E-state index contributed by atoms with van der Waals surface area (Å²) in [5, 5.41) is -2.55. The molecule has 0 spiro atoms. The third-order valence-corrected chi connectivity index (χ3v) is 7.77. The zero-order valence-electron chi connectivity index (χ0n) is 22.7. The van der Waals surface area contributed by atoms with Gasteiger partial charge < -0.3 is 9.31 Å². The van der Waals surface area contributed by atoms with Gasteiger partial charge >= 0.3 is 7.12 Å². The maximum Gasteiger partial charge on any atom is 0.636 e. The van der Waals surface area contributed by atoms with Crippen LogP contribution in [0.2, 0.25) is 0 Å². The molecule has 0 bridgehead atoms. The quantitative estimate of drug-likeness (QED) is 0.106. The molecule has 6 aromatic rings. The lowest BCUT2D eigenvalue weighted by Gasteiger charge is -2.22. The minimum absolute atomic E-state index is 0.131. The van der Waals surface area contributed by atoms with Gasteiger partial charge in [-0.15, -0.1) is 0 Å². The summed E-state index contributed by atoms with van der Waals surface area (Å²) in [4.78, 5) is 0. The largest absolute Gasteiger partial charge is 0.636 e. The molecular weight excluding hydrogens is 629 g/mol. The highest BCUT2D eigenvalue weighted by Crippen LogP contribution is 2.42. The lowest BCUT2D eigenvalue weighted by Crippen LogP contribution is -2.47. The normalized spacial score (nSPS) is 12.0. The van der Waals surface area contributed by atoms with E-state index in [0.717, 1.165) is 30.3 Å². The number of benzene rings is 6. The molecule has 0 aromatic heterocycles. The number of rotatable bonds is 5. The third kappa shape index (κ3) is 4.52. The number of hydrogen-bond donors (Lipinski definition) is 0. The Morgan fingerprint density at radius 1 is 0.500 bits per heavy atom. The van der Waals surface area contributed by atoms with Crippen LogP contribution in [0.4, 0.5) is 43.9 Å². The molecule has 1 aliphatic carbocycles. The van der Waals surface area contributed by atoms with Crippen LogP contribution in [0.15, 0.2) is 66.7 Å². The zero-order chi connectivity index (χ0) is 32.6. The van der Waals surface area contributed by atoms with Gasteiger partial charge in [0, 0.05) is 34.0 Å². The third-order valence-electron chi connectivity index (χ3n) is 7.77. The van der Waals surface area contributed by atoms with E-state index >= 15 is 13.2 Å². The van der Waals surface area contributed by atoms with Crippen molar-refractivity contribution in [2.75, 3.05) is 0 Å². The molecule has 13 heteroatoms. The number of halogens is 10. The Bertz CT molecular complexity index is 2170. The molecule has 0 saturated carbocycles. The molecule has 0 heterocycles. The molecule has 0 radical (unpaired) electrons. The summed E-state index contributed by atoms with van der Waals surface area (Å²) in [6.07, 6.45) is -0.379. The fourth-order valence-corrected chi connectivity index (χ4v) is 5.84. The van der Waals surface area contributed by atoms with Gasteiger partial charge in [0.25, 0.3) is 0 Å². The van der Waals surface area contributed by atoms with E-state index in [9.17, 15) is 30.7 Å². The molecule has 0 unspecified atom stereocenters. The Morgan fingerprint density at radius 3 is 1.59 bits per heavy atom. The highest BCUT2D eigenvalue weighted by Gasteiger charge is 2.42. The van der Waals surface area contributed by atoms with Gasteiger partial charge in [-0.1, -0.05) is 12.1 Å². The van der Waals surface area contributed by atoms with E-state index in [1.807, 2.05) is 0 Å². The van der Waals surface area contributed by atoms with Gasteiger partial charge in [0.15, 0.2) is 17.5 Å². The molecule has 0 N–H and O–H groups in total. The van der Waals surface area contributed by atoms with Crippen molar-refractivity contribution in [2.45, 2.75) is 6.42 Å². The van der Waals surface area contributed by atoms with Crippen LogP contribution in [0.3, 0.4) is 0 Å². The SMILES string of the molecule is Fc1cc(F)c2c(F)ccc(OB(Oc3ccc(F)c4c(F)cc(F)cc34)c3c(F)c(F)c(F)c4c3Cc3cccc(F)c3-4)c2c1. The molecule has 6 aromatic carbocycles. The Kier molecular flexibility index (Phi) is 6.87. The van der Waals surface area contributed by atoms with Crippen molar-refractivity contribution in [3.05, 3.63) is 136 Å². The van der Waals surface area contributed by atoms with Gasteiger partial charge in [-0.2, -0.15) is 0 Å². The fraction of sp³-hybridized carbons (Fsp3) is 0.0303. The minimum atomic E-state index is -2.29. The molecule has 46 heavy (non-hydrogen) atoms. The van der Waals surface area contributed by atoms with Crippen molar-refractivity contribution in [2.24, 2.45) is 0 Å². The summed E-state index contributed by atoms with van der Waals surface area (Å²) >= 11 is 0. The van der Waals surface area contributed by atoms with Gasteiger partial charge in [0.2, 0.25) is 0 Å². The summed E-state index contributed by atoms with van der Waals surface area (Å²) in [6.45, 7) is 0. The van der Waals surface area contributed by atoms with Crippen LogP contribution < -0.4 is 14.8 Å². The summed E-state index contributed by atoms with van der Waals surface area (Å²) in [5.74, 6) is -15.0. The Balaban J connectivity index is 1.50. The molecule has 230 valence electrons. The van der Waals surface area contributed by atoms with Crippen molar-refractivity contribution in [1.82, 2.24) is 0 Å². The summed E-state index contributed by atoms with van der Waals surface area (Å²) in [5.41, 5.74) is -2.13. The Hall–Kier alpha value is -5.20. The van der Waals surface area contributed by atoms with E-state index in [1.54, 1.807) is 0 Å². The molecule has 1 aliphatic rings. The first-order valence-electron chi connectivity index (χ1n) is 13.4. The van der Waals surface area contributed by atoms with Crippen LogP contribution in [0.25, 0.3) is 32.7 Å². The van der Waals surface area contributed by atoms with Crippen LogP contribution in [0, 0.1) is 58.2 Å². The zero-order valence-corrected chi connectivity index (χ0v) is 22.7. The number of fused-ring (bicyclic) bond motifs is 5. The van der Waals surface area contributed by atoms with Crippen molar-refractivity contribution >= 4 is 34.1 Å². The van der Waals surface area contributed by atoms with E-state index in [0.29, 0.717) is 24.3 Å². The van der Waals surface area contributed by atoms with Gasteiger partial charge in [0.05, 0.1) is 16.2 Å². The minimum Gasteiger partial charge on any atom is -0.521 e. The molecular formula is C33H13BF10O2. The Labute approximate surface area is 252 Å². The predicted octanol–water partition coefficient (Wildman–Crippen LogP) is 8.81. The summed E-state index contributed by atoms with van der Waals surface area (Å²) < 4.78 is 160. The average Bonchev–Trinajstić information content (AvgIpc) is 3.38. The highest BCUT2D eigenvalue weighted by molar-refractivity contribution is 6.64. The van der Waals surface area contributed by atoms with E-state index in [4.69, 9.17) is 9.31 Å². The number of hydrogen-bond acceptors (Lipinski definition) is 2. The van der Waals surface area contributed by atoms with Crippen LogP contribution in [0.5, 0.6) is 11.5 Å². The van der Waals surface area contributed by atoms with E-state index in [1.165, 1.54) is 12.1 Å². The monoisotopic (exact) mass is 642 g/mol. The van der Waals surface area contributed by atoms with Crippen molar-refractivity contribution < 1.29 is 53.2 Å². The van der Waals surface area contributed by atoms with Gasteiger partial charge in [0.1, 0.15) is 52.2 Å². The predicted molar refractivity (Wildman–Crippen MR) is 149 cm³/mol.